The Morgan fingerprint density at radius 2 is 1.76 bits per heavy atom. The van der Waals surface area contributed by atoms with Crippen molar-refractivity contribution in [3.8, 4) is 11.5 Å². The van der Waals surface area contributed by atoms with E-state index in [2.05, 4.69) is 10.6 Å². The number of nitrogens with one attached hydrogen (secondary N) is 3. The van der Waals surface area contributed by atoms with Crippen LogP contribution in [0.5, 0.6) is 11.5 Å². The van der Waals surface area contributed by atoms with Crippen LogP contribution in [-0.2, 0) is 19.4 Å². The molecule has 11 nitrogen and oxygen atoms in total. The molecule has 3 amide bonds. The number of nitrogens with two attached hydrogens (primary N) is 1. The normalized spacial score (nSPS) is 17.5. The van der Waals surface area contributed by atoms with E-state index >= 15 is 0 Å². The number of amidine groups is 1. The van der Waals surface area contributed by atoms with Crippen molar-refractivity contribution in [1.82, 2.24) is 15.5 Å². The van der Waals surface area contributed by atoms with Gasteiger partial charge in [0.15, 0.2) is 9.84 Å². The Hall–Kier alpha value is -4.23. The minimum atomic E-state index is -3.53. The van der Waals surface area contributed by atoms with Crippen molar-refractivity contribution in [2.75, 3.05) is 19.3 Å². The lowest BCUT2D eigenvalue weighted by Crippen LogP contribution is -2.49. The summed E-state index contributed by atoms with van der Waals surface area (Å²) in [5, 5.41) is 13.7. The number of carbonyl (C=O) groups excluding carboxylic acids is 3. The van der Waals surface area contributed by atoms with Gasteiger partial charge in [-0.05, 0) is 55.8 Å². The van der Waals surface area contributed by atoms with Crippen LogP contribution in [0.2, 0.25) is 0 Å². The van der Waals surface area contributed by atoms with Crippen LogP contribution in [0.15, 0.2) is 66.0 Å². The van der Waals surface area contributed by atoms with Gasteiger partial charge in [-0.25, -0.2) is 8.42 Å². The Balaban J connectivity index is 1.38. The van der Waals surface area contributed by atoms with Crippen LogP contribution in [0.4, 0.5) is 0 Å². The van der Waals surface area contributed by atoms with Crippen LogP contribution in [0.3, 0.4) is 0 Å². The Morgan fingerprint density at radius 3 is 2.37 bits per heavy atom. The number of sulfone groups is 1. The van der Waals surface area contributed by atoms with E-state index in [1.165, 1.54) is 16.2 Å². The summed E-state index contributed by atoms with van der Waals surface area (Å²) in [6.45, 7) is 1.18. The molecular formula is C28H31N5O6S2. The van der Waals surface area contributed by atoms with Gasteiger partial charge in [0.05, 0.1) is 17.8 Å². The zero-order valence-electron chi connectivity index (χ0n) is 22.5. The van der Waals surface area contributed by atoms with Crippen LogP contribution in [0, 0.1) is 5.41 Å². The molecule has 0 bridgehead atoms. The first-order valence-corrected chi connectivity index (χ1v) is 15.6. The molecule has 1 aromatic heterocycles. The number of ether oxygens (including phenoxy) is 1. The first-order valence-electron chi connectivity index (χ1n) is 12.7. The van der Waals surface area contributed by atoms with Crippen molar-refractivity contribution < 1.29 is 27.5 Å². The second-order valence-electron chi connectivity index (χ2n) is 9.75. The van der Waals surface area contributed by atoms with Crippen molar-refractivity contribution in [2.45, 2.75) is 30.7 Å². The van der Waals surface area contributed by atoms with Crippen LogP contribution in [0.1, 0.15) is 40.2 Å². The molecule has 2 heterocycles. The molecule has 1 saturated heterocycles. The number of para-hydroxylation sites is 1. The number of hydrogen-bond acceptors (Lipinski definition) is 8. The third-order valence-corrected chi connectivity index (χ3v) is 9.37. The van der Waals surface area contributed by atoms with Gasteiger partial charge >= 0.3 is 0 Å². The number of nitrogen functional groups attached to an aromatic ring is 1. The fourth-order valence-corrected chi connectivity index (χ4v) is 6.27. The highest BCUT2D eigenvalue weighted by molar-refractivity contribution is 7.91. The molecule has 41 heavy (non-hydrogen) atoms. The van der Waals surface area contributed by atoms with Gasteiger partial charge in [0.25, 0.3) is 5.91 Å². The quantitative estimate of drug-likeness (QED) is 0.205. The predicted octanol–water partition coefficient (Wildman–Crippen LogP) is 2.45. The van der Waals surface area contributed by atoms with Crippen LogP contribution in [0.25, 0.3) is 0 Å². The molecule has 216 valence electrons. The fourth-order valence-electron chi connectivity index (χ4n) is 4.39. The SMILES string of the molecule is CC(NC(=O)[C@@H]1C[C@@H](S(C)(=O)=O)CN1C(=O)CNC(=O)c1ccc(Oc2ccccc2)cc1)c1cc(C(=N)N)cs1. The maximum absolute atomic E-state index is 13.2. The summed E-state index contributed by atoms with van der Waals surface area (Å²) in [5.74, 6) is -0.482. The lowest BCUT2D eigenvalue weighted by molar-refractivity contribution is -0.137. The van der Waals surface area contributed by atoms with E-state index in [9.17, 15) is 22.8 Å². The van der Waals surface area contributed by atoms with Gasteiger partial charge in [-0.15, -0.1) is 11.3 Å². The lowest BCUT2D eigenvalue weighted by atomic mass is 10.1. The summed E-state index contributed by atoms with van der Waals surface area (Å²) in [5.41, 5.74) is 6.36. The first kappa shape index (κ1) is 29.7. The highest BCUT2D eigenvalue weighted by Crippen LogP contribution is 2.26. The number of amides is 3. The number of likely N-dealkylation sites (tertiary alicyclic amines) is 1. The van der Waals surface area contributed by atoms with Crippen LogP contribution < -0.4 is 21.1 Å². The summed E-state index contributed by atoms with van der Waals surface area (Å²) in [4.78, 5) is 41.0. The number of carbonyl (C=O) groups is 3. The third-order valence-electron chi connectivity index (χ3n) is 6.70. The van der Waals surface area contributed by atoms with Gasteiger partial charge in [0, 0.05) is 34.2 Å². The van der Waals surface area contributed by atoms with Gasteiger partial charge in [-0.1, -0.05) is 18.2 Å². The molecule has 1 aliphatic rings. The van der Waals surface area contributed by atoms with E-state index < -0.39 is 51.4 Å². The van der Waals surface area contributed by atoms with E-state index in [4.69, 9.17) is 15.9 Å². The average molecular weight is 598 g/mol. The molecule has 0 radical (unpaired) electrons. The Morgan fingerprint density at radius 1 is 1.10 bits per heavy atom. The molecule has 1 fully saturated rings. The van der Waals surface area contributed by atoms with Crippen molar-refractivity contribution in [2.24, 2.45) is 5.73 Å². The second-order valence-corrected chi connectivity index (χ2v) is 13.0. The molecule has 5 N–H and O–H groups in total. The van der Waals surface area contributed by atoms with E-state index in [1.807, 2.05) is 18.2 Å². The third kappa shape index (κ3) is 7.50. The molecule has 2 aromatic carbocycles. The Kier molecular flexibility index (Phi) is 9.08. The molecule has 0 saturated carbocycles. The predicted molar refractivity (Wildman–Crippen MR) is 156 cm³/mol. The minimum absolute atomic E-state index is 0.0525. The van der Waals surface area contributed by atoms with E-state index in [1.54, 1.807) is 54.8 Å². The minimum Gasteiger partial charge on any atom is -0.457 e. The average Bonchev–Trinajstić information content (AvgIpc) is 3.61. The Bertz CT molecular complexity index is 1540. The van der Waals surface area contributed by atoms with Crippen molar-refractivity contribution in [3.05, 3.63) is 82.0 Å². The van der Waals surface area contributed by atoms with E-state index in [0.717, 1.165) is 11.1 Å². The van der Waals surface area contributed by atoms with Gasteiger partial charge < -0.3 is 26.0 Å². The highest BCUT2D eigenvalue weighted by Gasteiger charge is 2.43. The van der Waals surface area contributed by atoms with Gasteiger partial charge in [0.1, 0.15) is 23.4 Å². The summed E-state index contributed by atoms with van der Waals surface area (Å²) in [7, 11) is -3.53. The maximum atomic E-state index is 13.2. The van der Waals surface area contributed by atoms with Gasteiger partial charge in [-0.3, -0.25) is 19.8 Å². The summed E-state index contributed by atoms with van der Waals surface area (Å²) in [6, 6.07) is 15.8. The Labute approximate surface area is 242 Å². The molecule has 3 atom stereocenters. The topological polar surface area (TPSA) is 172 Å². The molecule has 13 heteroatoms. The molecule has 0 aliphatic carbocycles. The molecule has 1 unspecified atom stereocenters. The lowest BCUT2D eigenvalue weighted by Gasteiger charge is -2.25. The van der Waals surface area contributed by atoms with Crippen molar-refractivity contribution in [3.63, 3.8) is 0 Å². The monoisotopic (exact) mass is 597 g/mol. The standard InChI is InChI=1S/C28H31N5O6S2/c1-17(24-12-19(16-40-24)26(29)30)32-28(36)23-13-22(41(2,37)38)15-33(23)25(34)14-31-27(35)18-8-10-21(11-9-18)39-20-6-4-3-5-7-20/h3-12,16-17,22-23H,13-15H2,1-2H3,(H3,29,30)(H,31,35)(H,32,36)/t17?,22-,23+/m1/s1. The largest absolute Gasteiger partial charge is 0.457 e. The van der Waals surface area contributed by atoms with Crippen molar-refractivity contribution in [1.29, 1.82) is 5.41 Å². The number of rotatable bonds is 10. The number of nitrogens with zero attached hydrogens (tertiary/aromatic N) is 1. The fraction of sp³-hybridized carbons (Fsp3) is 0.286. The zero-order valence-corrected chi connectivity index (χ0v) is 24.1. The highest BCUT2D eigenvalue weighted by atomic mass is 32.2. The van der Waals surface area contributed by atoms with E-state index in [-0.39, 0.29) is 18.8 Å². The smallest absolute Gasteiger partial charge is 0.251 e. The van der Waals surface area contributed by atoms with Gasteiger partial charge in [-0.2, -0.15) is 0 Å². The summed E-state index contributed by atoms with van der Waals surface area (Å²) < 4.78 is 30.3. The molecule has 0 spiro atoms. The summed E-state index contributed by atoms with van der Waals surface area (Å²) in [6.07, 6.45) is 1.02. The maximum Gasteiger partial charge on any atom is 0.251 e. The van der Waals surface area contributed by atoms with Crippen LogP contribution >= 0.6 is 11.3 Å². The van der Waals surface area contributed by atoms with Gasteiger partial charge in [0.2, 0.25) is 11.8 Å². The summed E-state index contributed by atoms with van der Waals surface area (Å²) >= 11 is 1.33. The molecule has 1 aliphatic heterocycles. The molecule has 4 rings (SSSR count). The first-order chi connectivity index (χ1) is 19.4. The van der Waals surface area contributed by atoms with Crippen molar-refractivity contribution >= 4 is 44.7 Å². The zero-order chi connectivity index (χ0) is 29.7. The second kappa shape index (κ2) is 12.5. The number of hydrogen-bond donors (Lipinski definition) is 4. The molecular weight excluding hydrogens is 566 g/mol. The van der Waals surface area contributed by atoms with Crippen LogP contribution in [-0.4, -0.2) is 67.5 Å². The molecule has 3 aromatic rings. The van der Waals surface area contributed by atoms with E-state index in [0.29, 0.717) is 22.6 Å². The number of benzene rings is 2. The number of thiophene rings is 1.